The summed E-state index contributed by atoms with van der Waals surface area (Å²) >= 11 is 0. The molecule has 3 aromatic heterocycles. The maximum atomic E-state index is 11.7. The van der Waals surface area contributed by atoms with Gasteiger partial charge in [-0.25, -0.2) is 29.7 Å². The van der Waals surface area contributed by atoms with Crippen LogP contribution in [-0.4, -0.2) is 36.0 Å². The number of nitrogens with one attached hydrogen (secondary N) is 1. The Morgan fingerprint density at radius 2 is 1.84 bits per heavy atom. The van der Waals surface area contributed by atoms with Crippen molar-refractivity contribution in [2.45, 2.75) is 13.3 Å². The first kappa shape index (κ1) is 19.9. The number of nitrogen functional groups attached to an aromatic ring is 1. The van der Waals surface area contributed by atoms with Crippen LogP contribution in [-0.2, 0) is 6.42 Å². The molecule has 31 heavy (non-hydrogen) atoms. The number of hydrogen-bond acceptors (Lipinski definition) is 8. The molecule has 1 aromatic carbocycles. The second-order valence-electron chi connectivity index (χ2n) is 6.83. The second-order valence-corrected chi connectivity index (χ2v) is 6.83. The predicted octanol–water partition coefficient (Wildman–Crippen LogP) is 3.25. The Bertz CT molecular complexity index is 1240. The Balaban J connectivity index is 1.64. The highest BCUT2D eigenvalue weighted by Crippen LogP contribution is 2.21. The molecule has 0 aliphatic carbocycles. The zero-order chi connectivity index (χ0) is 21.8. The maximum absolute atomic E-state index is 11.7. The highest BCUT2D eigenvalue weighted by Gasteiger charge is 2.16. The minimum Gasteiger partial charge on any atom is -0.477 e. The molecular weight excluding hydrogens is 394 g/mol. The van der Waals surface area contributed by atoms with Gasteiger partial charge in [0.05, 0.1) is 0 Å². The number of benzene rings is 1. The van der Waals surface area contributed by atoms with E-state index in [1.54, 1.807) is 18.3 Å². The van der Waals surface area contributed by atoms with E-state index >= 15 is 0 Å². The van der Waals surface area contributed by atoms with Gasteiger partial charge in [-0.1, -0.05) is 18.2 Å². The van der Waals surface area contributed by atoms with Gasteiger partial charge in [0, 0.05) is 30.2 Å². The third-order valence-corrected chi connectivity index (χ3v) is 4.43. The highest BCUT2D eigenvalue weighted by atomic mass is 16.4. The fourth-order valence-corrected chi connectivity index (χ4v) is 2.92. The molecule has 0 unspecified atom stereocenters. The zero-order valence-corrected chi connectivity index (χ0v) is 16.6. The normalized spacial score (nSPS) is 10.6. The molecule has 0 fully saturated rings. The molecule has 4 rings (SSSR count). The summed E-state index contributed by atoms with van der Waals surface area (Å²) in [5.74, 6) is 0.277. The van der Waals surface area contributed by atoms with Crippen LogP contribution in [0, 0.1) is 6.92 Å². The molecule has 0 spiro atoms. The van der Waals surface area contributed by atoms with Crippen molar-refractivity contribution in [1.82, 2.24) is 24.9 Å². The Kier molecular flexibility index (Phi) is 5.48. The third-order valence-electron chi connectivity index (χ3n) is 4.43. The number of rotatable bonds is 6. The lowest BCUT2D eigenvalue weighted by Crippen LogP contribution is -2.09. The van der Waals surface area contributed by atoms with Gasteiger partial charge in [-0.2, -0.15) is 0 Å². The average Bonchev–Trinajstić information content (AvgIpc) is 2.75. The average molecular weight is 413 g/mol. The number of aromatic carboxylic acids is 1. The molecule has 0 saturated carbocycles. The SMILES string of the molecule is Cc1cccc(-c2ncc(C(=O)O)c(Nc3ccnc(Cc4ccc(N)cc4)n3)n2)n1. The van der Waals surface area contributed by atoms with Gasteiger partial charge in [-0.05, 0) is 42.8 Å². The maximum Gasteiger partial charge on any atom is 0.341 e. The summed E-state index contributed by atoms with van der Waals surface area (Å²) in [4.78, 5) is 33.4. The Hall–Kier alpha value is -4.40. The van der Waals surface area contributed by atoms with Gasteiger partial charge in [0.1, 0.15) is 28.7 Å². The monoisotopic (exact) mass is 413 g/mol. The van der Waals surface area contributed by atoms with E-state index in [2.05, 4.69) is 30.2 Å². The molecule has 154 valence electrons. The number of hydrogen-bond donors (Lipinski definition) is 3. The van der Waals surface area contributed by atoms with Crippen molar-refractivity contribution in [2.24, 2.45) is 0 Å². The summed E-state index contributed by atoms with van der Waals surface area (Å²) in [7, 11) is 0. The van der Waals surface area contributed by atoms with Crippen LogP contribution in [0.3, 0.4) is 0 Å². The summed E-state index contributed by atoms with van der Waals surface area (Å²) < 4.78 is 0. The number of nitrogens with two attached hydrogens (primary N) is 1. The number of pyridine rings is 1. The Labute approximate surface area is 178 Å². The number of anilines is 3. The highest BCUT2D eigenvalue weighted by molar-refractivity contribution is 5.93. The van der Waals surface area contributed by atoms with E-state index in [-0.39, 0.29) is 11.4 Å². The van der Waals surface area contributed by atoms with Gasteiger partial charge in [0.25, 0.3) is 0 Å². The van der Waals surface area contributed by atoms with Gasteiger partial charge in [-0.15, -0.1) is 0 Å². The summed E-state index contributed by atoms with van der Waals surface area (Å²) in [5.41, 5.74) is 8.70. The van der Waals surface area contributed by atoms with E-state index < -0.39 is 5.97 Å². The van der Waals surface area contributed by atoms with E-state index in [1.807, 2.05) is 43.3 Å². The van der Waals surface area contributed by atoms with Crippen molar-refractivity contribution >= 4 is 23.3 Å². The van der Waals surface area contributed by atoms with Gasteiger partial charge < -0.3 is 16.2 Å². The fourth-order valence-electron chi connectivity index (χ4n) is 2.92. The van der Waals surface area contributed by atoms with E-state index in [0.29, 0.717) is 35.3 Å². The first-order valence-corrected chi connectivity index (χ1v) is 9.45. The molecule has 4 N–H and O–H groups in total. The standard InChI is InChI=1S/C22H19N7O2/c1-13-3-2-4-17(26-13)21-25-12-16(22(30)31)20(29-21)28-18-9-10-24-19(27-18)11-14-5-7-15(23)8-6-14/h2-10,12H,11,23H2,1H3,(H,30,31)(H,24,25,27,28,29). The van der Waals surface area contributed by atoms with Gasteiger partial charge >= 0.3 is 5.97 Å². The molecule has 0 bridgehead atoms. The first-order valence-electron chi connectivity index (χ1n) is 9.45. The van der Waals surface area contributed by atoms with Gasteiger partial charge in [0.2, 0.25) is 0 Å². The lowest BCUT2D eigenvalue weighted by molar-refractivity contribution is 0.0697. The number of aromatic nitrogens is 5. The minimum absolute atomic E-state index is 0.0740. The second kappa shape index (κ2) is 8.54. The van der Waals surface area contributed by atoms with Gasteiger partial charge in [-0.3, -0.25) is 0 Å². The molecule has 0 aliphatic heterocycles. The van der Waals surface area contributed by atoms with Crippen molar-refractivity contribution in [3.05, 3.63) is 83.6 Å². The Morgan fingerprint density at radius 3 is 2.58 bits per heavy atom. The van der Waals surface area contributed by atoms with Crippen molar-refractivity contribution in [2.75, 3.05) is 11.1 Å². The van der Waals surface area contributed by atoms with Crippen LogP contribution in [0.2, 0.25) is 0 Å². The third kappa shape index (κ3) is 4.78. The van der Waals surface area contributed by atoms with Crippen LogP contribution in [0.4, 0.5) is 17.3 Å². The van der Waals surface area contributed by atoms with Crippen LogP contribution in [0.25, 0.3) is 11.5 Å². The Morgan fingerprint density at radius 1 is 1.03 bits per heavy atom. The van der Waals surface area contributed by atoms with Crippen molar-refractivity contribution in [3.63, 3.8) is 0 Å². The minimum atomic E-state index is -1.15. The smallest absolute Gasteiger partial charge is 0.341 e. The number of nitrogens with zero attached hydrogens (tertiary/aromatic N) is 5. The lowest BCUT2D eigenvalue weighted by atomic mass is 10.1. The van der Waals surface area contributed by atoms with E-state index in [4.69, 9.17) is 5.73 Å². The van der Waals surface area contributed by atoms with E-state index in [1.165, 1.54) is 6.20 Å². The number of carboxylic acid groups (broad SMARTS) is 1. The topological polar surface area (TPSA) is 140 Å². The largest absolute Gasteiger partial charge is 0.477 e. The number of carbonyl (C=O) groups is 1. The number of carboxylic acids is 1. The summed E-state index contributed by atoms with van der Waals surface area (Å²) in [6.07, 6.45) is 3.37. The molecule has 4 aromatic rings. The van der Waals surface area contributed by atoms with Crippen molar-refractivity contribution in [3.8, 4) is 11.5 Å². The fraction of sp³-hybridized carbons (Fsp3) is 0.0909. The molecule has 9 heteroatoms. The molecule has 9 nitrogen and oxygen atoms in total. The quantitative estimate of drug-likeness (QED) is 0.406. The van der Waals surface area contributed by atoms with Crippen LogP contribution < -0.4 is 11.1 Å². The summed E-state index contributed by atoms with van der Waals surface area (Å²) in [5, 5.41) is 12.5. The molecule has 0 radical (unpaired) electrons. The molecule has 3 heterocycles. The van der Waals surface area contributed by atoms with Gasteiger partial charge in [0.15, 0.2) is 5.82 Å². The molecular formula is C22H19N7O2. The van der Waals surface area contributed by atoms with Crippen molar-refractivity contribution < 1.29 is 9.90 Å². The van der Waals surface area contributed by atoms with Crippen LogP contribution in [0.15, 0.2) is 60.9 Å². The lowest BCUT2D eigenvalue weighted by Gasteiger charge is -2.10. The predicted molar refractivity (Wildman–Crippen MR) is 116 cm³/mol. The molecule has 0 saturated heterocycles. The zero-order valence-electron chi connectivity index (χ0n) is 16.6. The van der Waals surface area contributed by atoms with Crippen molar-refractivity contribution in [1.29, 1.82) is 0 Å². The van der Waals surface area contributed by atoms with Crippen LogP contribution in [0.5, 0.6) is 0 Å². The van der Waals surface area contributed by atoms with Crippen LogP contribution in [0.1, 0.15) is 27.4 Å². The summed E-state index contributed by atoms with van der Waals surface area (Å²) in [6, 6.07) is 14.6. The molecule has 0 aliphatic rings. The van der Waals surface area contributed by atoms with E-state index in [9.17, 15) is 9.90 Å². The van der Waals surface area contributed by atoms with Crippen LogP contribution >= 0.6 is 0 Å². The first-order chi connectivity index (χ1) is 15.0. The number of aryl methyl sites for hydroxylation is 1. The molecule has 0 amide bonds. The molecule has 0 atom stereocenters. The van der Waals surface area contributed by atoms with E-state index in [0.717, 1.165) is 11.3 Å². The summed E-state index contributed by atoms with van der Waals surface area (Å²) in [6.45, 7) is 1.86.